The Morgan fingerprint density at radius 3 is 2.50 bits per heavy atom. The van der Waals surface area contributed by atoms with Gasteiger partial charge in [0, 0.05) is 12.6 Å². The molecule has 2 saturated carbocycles. The first-order valence-corrected chi connectivity index (χ1v) is 8.10. The quantitative estimate of drug-likeness (QED) is 0.774. The van der Waals surface area contributed by atoms with E-state index in [1.807, 2.05) is 0 Å². The minimum Gasteiger partial charge on any atom is -0.375 e. The van der Waals surface area contributed by atoms with Crippen molar-refractivity contribution in [2.45, 2.75) is 76.4 Å². The van der Waals surface area contributed by atoms with E-state index in [1.165, 1.54) is 57.8 Å². The van der Waals surface area contributed by atoms with Crippen LogP contribution < -0.4 is 5.73 Å². The van der Waals surface area contributed by atoms with E-state index >= 15 is 0 Å². The topological polar surface area (TPSA) is 35.2 Å². The summed E-state index contributed by atoms with van der Waals surface area (Å²) in [5.41, 5.74) is 6.49. The Labute approximate surface area is 112 Å². The van der Waals surface area contributed by atoms with Crippen molar-refractivity contribution in [3.05, 3.63) is 0 Å². The normalized spacial score (nSPS) is 44.3. The van der Waals surface area contributed by atoms with Gasteiger partial charge in [0.05, 0.1) is 5.60 Å². The first-order valence-electron chi connectivity index (χ1n) is 8.10. The fraction of sp³-hybridized carbons (Fsp3) is 1.00. The second-order valence-corrected chi connectivity index (χ2v) is 7.11. The van der Waals surface area contributed by atoms with E-state index in [9.17, 15) is 0 Å². The van der Waals surface area contributed by atoms with E-state index < -0.39 is 0 Å². The molecule has 0 aromatic rings. The number of rotatable bonds is 1. The Morgan fingerprint density at radius 2 is 1.83 bits per heavy atom. The molecule has 4 atom stereocenters. The molecule has 18 heavy (non-hydrogen) atoms. The van der Waals surface area contributed by atoms with Gasteiger partial charge in [0.25, 0.3) is 0 Å². The van der Waals surface area contributed by atoms with Gasteiger partial charge in [-0.3, -0.25) is 0 Å². The smallest absolute Gasteiger partial charge is 0.0685 e. The molecule has 2 aliphatic carbocycles. The lowest BCUT2D eigenvalue weighted by atomic mass is 9.70. The van der Waals surface area contributed by atoms with Crippen molar-refractivity contribution in [3.8, 4) is 0 Å². The van der Waals surface area contributed by atoms with Crippen molar-refractivity contribution in [1.82, 2.24) is 0 Å². The van der Waals surface area contributed by atoms with Gasteiger partial charge < -0.3 is 10.5 Å². The molecule has 4 unspecified atom stereocenters. The summed E-state index contributed by atoms with van der Waals surface area (Å²) in [4.78, 5) is 0. The monoisotopic (exact) mass is 251 g/mol. The van der Waals surface area contributed by atoms with Crippen molar-refractivity contribution < 1.29 is 4.74 Å². The molecular formula is C16H29NO. The third-order valence-electron chi connectivity index (χ3n) is 6.09. The lowest BCUT2D eigenvalue weighted by molar-refractivity contribution is -0.127. The van der Waals surface area contributed by atoms with Gasteiger partial charge in [-0.25, -0.2) is 0 Å². The van der Waals surface area contributed by atoms with Crippen molar-refractivity contribution >= 4 is 0 Å². The summed E-state index contributed by atoms with van der Waals surface area (Å²) in [5.74, 6) is 2.50. The molecular weight excluding hydrogens is 222 g/mol. The fourth-order valence-electron chi connectivity index (χ4n) is 4.87. The van der Waals surface area contributed by atoms with Crippen molar-refractivity contribution in [1.29, 1.82) is 0 Å². The molecule has 1 spiro atoms. The van der Waals surface area contributed by atoms with E-state index in [0.717, 1.165) is 24.4 Å². The maximum atomic E-state index is 6.23. The number of nitrogens with two attached hydrogens (primary N) is 1. The van der Waals surface area contributed by atoms with Crippen molar-refractivity contribution in [2.75, 3.05) is 6.61 Å². The maximum absolute atomic E-state index is 6.23. The zero-order valence-electron chi connectivity index (χ0n) is 11.9. The first kappa shape index (κ1) is 12.9. The standard InChI is InChI=1S/C16H29NO/c1-12-14(5-6-15(12)17)13-7-10-18-16(11-13)8-3-2-4-9-16/h12-15H,2-11,17H2,1H3. The molecule has 3 rings (SSSR count). The van der Waals surface area contributed by atoms with Crippen LogP contribution >= 0.6 is 0 Å². The average molecular weight is 251 g/mol. The number of hydrogen-bond donors (Lipinski definition) is 1. The highest BCUT2D eigenvalue weighted by Crippen LogP contribution is 2.47. The summed E-state index contributed by atoms with van der Waals surface area (Å²) in [6.45, 7) is 3.38. The zero-order chi connectivity index (χ0) is 12.6. The average Bonchev–Trinajstić information content (AvgIpc) is 2.71. The minimum absolute atomic E-state index is 0.271. The Morgan fingerprint density at radius 1 is 1.06 bits per heavy atom. The molecule has 0 radical (unpaired) electrons. The lowest BCUT2D eigenvalue weighted by Gasteiger charge is -2.46. The van der Waals surface area contributed by atoms with Gasteiger partial charge in [-0.1, -0.05) is 26.2 Å². The van der Waals surface area contributed by atoms with Gasteiger partial charge in [0.15, 0.2) is 0 Å². The zero-order valence-corrected chi connectivity index (χ0v) is 11.9. The van der Waals surface area contributed by atoms with Crippen LogP contribution in [0.4, 0.5) is 0 Å². The molecule has 0 amide bonds. The van der Waals surface area contributed by atoms with Gasteiger partial charge in [-0.2, -0.15) is 0 Å². The molecule has 3 aliphatic rings. The molecule has 104 valence electrons. The van der Waals surface area contributed by atoms with E-state index in [4.69, 9.17) is 10.5 Å². The SMILES string of the molecule is CC1C(N)CCC1C1CCOC2(CCCCC2)C1. The van der Waals surface area contributed by atoms with Gasteiger partial charge >= 0.3 is 0 Å². The second-order valence-electron chi connectivity index (χ2n) is 7.11. The lowest BCUT2D eigenvalue weighted by Crippen LogP contribution is -2.44. The summed E-state index contributed by atoms with van der Waals surface area (Å²) in [6.07, 6.45) is 12.0. The summed E-state index contributed by atoms with van der Waals surface area (Å²) < 4.78 is 6.23. The number of hydrogen-bond acceptors (Lipinski definition) is 2. The molecule has 3 fully saturated rings. The first-order chi connectivity index (χ1) is 8.70. The Bertz CT molecular complexity index is 279. The van der Waals surface area contributed by atoms with E-state index in [1.54, 1.807) is 0 Å². The van der Waals surface area contributed by atoms with Crippen molar-refractivity contribution in [2.24, 2.45) is 23.5 Å². The second kappa shape index (κ2) is 5.13. The van der Waals surface area contributed by atoms with Gasteiger partial charge in [-0.15, -0.1) is 0 Å². The van der Waals surface area contributed by atoms with Crippen LogP contribution in [0.2, 0.25) is 0 Å². The van der Waals surface area contributed by atoms with E-state index in [0.29, 0.717) is 6.04 Å². The van der Waals surface area contributed by atoms with Gasteiger partial charge in [0.1, 0.15) is 0 Å². The van der Waals surface area contributed by atoms with Crippen LogP contribution in [0.15, 0.2) is 0 Å². The highest BCUT2D eigenvalue weighted by Gasteiger charge is 2.44. The molecule has 0 bridgehead atoms. The number of ether oxygens (including phenoxy) is 1. The van der Waals surface area contributed by atoms with Crippen molar-refractivity contribution in [3.63, 3.8) is 0 Å². The van der Waals surface area contributed by atoms with Crippen LogP contribution in [-0.4, -0.2) is 18.2 Å². The Kier molecular flexibility index (Phi) is 3.68. The highest BCUT2D eigenvalue weighted by atomic mass is 16.5. The van der Waals surface area contributed by atoms with Crippen LogP contribution in [0.5, 0.6) is 0 Å². The third-order valence-corrected chi connectivity index (χ3v) is 6.09. The molecule has 1 aliphatic heterocycles. The van der Waals surface area contributed by atoms with Crippen LogP contribution in [-0.2, 0) is 4.74 Å². The molecule has 1 saturated heterocycles. The van der Waals surface area contributed by atoms with Gasteiger partial charge in [0.2, 0.25) is 0 Å². The Hall–Kier alpha value is -0.0800. The highest BCUT2D eigenvalue weighted by molar-refractivity contribution is 4.95. The largest absolute Gasteiger partial charge is 0.375 e. The molecule has 0 aromatic carbocycles. The predicted molar refractivity (Wildman–Crippen MR) is 74.4 cm³/mol. The van der Waals surface area contributed by atoms with Gasteiger partial charge in [-0.05, 0) is 56.3 Å². The van der Waals surface area contributed by atoms with Crippen LogP contribution in [0, 0.1) is 17.8 Å². The third kappa shape index (κ3) is 2.34. The molecule has 2 N–H and O–H groups in total. The van der Waals surface area contributed by atoms with Crippen LogP contribution in [0.3, 0.4) is 0 Å². The Balaban J connectivity index is 1.66. The fourth-order valence-corrected chi connectivity index (χ4v) is 4.87. The van der Waals surface area contributed by atoms with E-state index in [-0.39, 0.29) is 5.60 Å². The van der Waals surface area contributed by atoms with Crippen LogP contribution in [0.25, 0.3) is 0 Å². The molecule has 2 heteroatoms. The van der Waals surface area contributed by atoms with E-state index in [2.05, 4.69) is 6.92 Å². The predicted octanol–water partition coefficient (Wildman–Crippen LogP) is 3.49. The van der Waals surface area contributed by atoms with Crippen LogP contribution in [0.1, 0.15) is 64.7 Å². The maximum Gasteiger partial charge on any atom is 0.0685 e. The molecule has 2 nitrogen and oxygen atoms in total. The molecule has 1 heterocycles. The molecule has 0 aromatic heterocycles. The summed E-state index contributed by atoms with van der Waals surface area (Å²) in [5, 5.41) is 0. The summed E-state index contributed by atoms with van der Waals surface area (Å²) >= 11 is 0. The minimum atomic E-state index is 0.271. The summed E-state index contributed by atoms with van der Waals surface area (Å²) in [6, 6.07) is 0.458. The summed E-state index contributed by atoms with van der Waals surface area (Å²) in [7, 11) is 0.